The lowest BCUT2D eigenvalue weighted by atomic mass is 10.00. The maximum absolute atomic E-state index is 6.17. The Balaban J connectivity index is 1.51. The van der Waals surface area contributed by atoms with Crippen LogP contribution in [0.15, 0.2) is 18.2 Å². The van der Waals surface area contributed by atoms with Crippen LogP contribution in [-0.2, 0) is 0 Å². The van der Waals surface area contributed by atoms with Crippen LogP contribution in [0.2, 0.25) is 10.0 Å². The quantitative estimate of drug-likeness (QED) is 0.917. The second-order valence-corrected chi connectivity index (χ2v) is 6.75. The maximum Gasteiger partial charge on any atom is 0.138 e. The van der Waals surface area contributed by atoms with Gasteiger partial charge in [-0.15, -0.1) is 0 Å². The summed E-state index contributed by atoms with van der Waals surface area (Å²) in [6.45, 7) is 4.56. The molecule has 0 amide bonds. The maximum atomic E-state index is 6.17. The summed E-state index contributed by atoms with van der Waals surface area (Å²) in [5.41, 5.74) is 0. The molecule has 0 radical (unpaired) electrons. The van der Waals surface area contributed by atoms with Crippen molar-refractivity contribution in [1.29, 1.82) is 0 Å². The van der Waals surface area contributed by atoms with Crippen LogP contribution in [0.4, 0.5) is 0 Å². The van der Waals surface area contributed by atoms with E-state index in [1.54, 1.807) is 6.07 Å². The number of halogens is 2. The summed E-state index contributed by atoms with van der Waals surface area (Å²) in [5.74, 6) is 0.751. The second-order valence-electron chi connectivity index (χ2n) is 5.91. The Kier molecular flexibility index (Phi) is 5.28. The van der Waals surface area contributed by atoms with Gasteiger partial charge in [-0.1, -0.05) is 23.2 Å². The normalized spacial score (nSPS) is 22.4. The van der Waals surface area contributed by atoms with E-state index < -0.39 is 0 Å². The molecule has 2 aliphatic heterocycles. The number of piperidine rings is 2. The first kappa shape index (κ1) is 15.4. The molecule has 1 aromatic carbocycles. The third-order valence-corrected chi connectivity index (χ3v) is 5.02. The zero-order chi connectivity index (χ0) is 14.7. The molecule has 0 aromatic heterocycles. The van der Waals surface area contributed by atoms with Gasteiger partial charge < -0.3 is 15.0 Å². The molecule has 0 spiro atoms. The molecule has 2 saturated heterocycles. The summed E-state index contributed by atoms with van der Waals surface area (Å²) < 4.78 is 6.05. The standard InChI is InChI=1S/C16H22Cl2N2O/c17-12-1-2-16(15(18)11-12)21-14-5-9-20(10-6-14)13-3-7-19-8-4-13/h1-2,11,13-14,19H,3-10H2. The van der Waals surface area contributed by atoms with Crippen LogP contribution in [0.25, 0.3) is 0 Å². The van der Waals surface area contributed by atoms with Gasteiger partial charge in [0.25, 0.3) is 0 Å². The lowest BCUT2D eigenvalue weighted by Crippen LogP contribution is -2.48. The third kappa shape index (κ3) is 4.04. The lowest BCUT2D eigenvalue weighted by molar-refractivity contribution is 0.0654. The minimum Gasteiger partial charge on any atom is -0.489 e. The molecule has 0 bridgehead atoms. The van der Waals surface area contributed by atoms with E-state index >= 15 is 0 Å². The van der Waals surface area contributed by atoms with Gasteiger partial charge in [0.15, 0.2) is 0 Å². The van der Waals surface area contributed by atoms with Gasteiger partial charge >= 0.3 is 0 Å². The highest BCUT2D eigenvalue weighted by molar-refractivity contribution is 6.35. The zero-order valence-corrected chi connectivity index (χ0v) is 13.7. The summed E-state index contributed by atoms with van der Waals surface area (Å²) in [4.78, 5) is 2.63. The van der Waals surface area contributed by atoms with Crippen LogP contribution in [0.5, 0.6) is 5.75 Å². The average Bonchev–Trinajstić information content (AvgIpc) is 2.52. The molecular weight excluding hydrogens is 307 g/mol. The average molecular weight is 329 g/mol. The van der Waals surface area contributed by atoms with Gasteiger partial charge in [-0.25, -0.2) is 0 Å². The highest BCUT2D eigenvalue weighted by Crippen LogP contribution is 2.30. The van der Waals surface area contributed by atoms with Crippen molar-refractivity contribution in [2.45, 2.75) is 37.8 Å². The van der Waals surface area contributed by atoms with Crippen molar-refractivity contribution in [3.63, 3.8) is 0 Å². The number of likely N-dealkylation sites (tertiary alicyclic amines) is 1. The molecule has 0 saturated carbocycles. The smallest absolute Gasteiger partial charge is 0.138 e. The monoisotopic (exact) mass is 328 g/mol. The van der Waals surface area contributed by atoms with Crippen LogP contribution in [0, 0.1) is 0 Å². The molecule has 2 heterocycles. The number of nitrogens with one attached hydrogen (secondary N) is 1. The number of rotatable bonds is 3. The molecule has 2 aliphatic rings. The van der Waals surface area contributed by atoms with Gasteiger partial charge in [-0.2, -0.15) is 0 Å². The minimum absolute atomic E-state index is 0.265. The lowest BCUT2D eigenvalue weighted by Gasteiger charge is -2.39. The summed E-state index contributed by atoms with van der Waals surface area (Å²) in [5, 5.41) is 4.68. The van der Waals surface area contributed by atoms with E-state index in [0.29, 0.717) is 10.0 Å². The molecule has 2 fully saturated rings. The predicted molar refractivity (Wildman–Crippen MR) is 87.6 cm³/mol. The molecule has 1 N–H and O–H groups in total. The van der Waals surface area contributed by atoms with E-state index in [1.165, 1.54) is 12.8 Å². The van der Waals surface area contributed by atoms with Crippen LogP contribution in [0.1, 0.15) is 25.7 Å². The summed E-state index contributed by atoms with van der Waals surface area (Å²) in [6, 6.07) is 6.19. The number of hydrogen-bond donors (Lipinski definition) is 1. The molecule has 3 rings (SSSR count). The van der Waals surface area contributed by atoms with E-state index in [0.717, 1.165) is 50.8 Å². The van der Waals surface area contributed by atoms with E-state index in [2.05, 4.69) is 10.2 Å². The SMILES string of the molecule is Clc1ccc(OC2CCN(C3CCNCC3)CC2)c(Cl)c1. The number of benzene rings is 1. The number of hydrogen-bond acceptors (Lipinski definition) is 3. The first-order valence-corrected chi connectivity index (χ1v) is 8.54. The number of nitrogens with zero attached hydrogens (tertiary/aromatic N) is 1. The van der Waals surface area contributed by atoms with Crippen molar-refractivity contribution in [2.24, 2.45) is 0 Å². The summed E-state index contributed by atoms with van der Waals surface area (Å²) >= 11 is 12.1. The Hall–Kier alpha value is -0.480. The Morgan fingerprint density at radius 3 is 2.43 bits per heavy atom. The summed E-state index contributed by atoms with van der Waals surface area (Å²) in [7, 11) is 0. The highest BCUT2D eigenvalue weighted by Gasteiger charge is 2.27. The van der Waals surface area contributed by atoms with Gasteiger partial charge in [0, 0.05) is 24.2 Å². The van der Waals surface area contributed by atoms with Gasteiger partial charge in [-0.05, 0) is 57.0 Å². The fraction of sp³-hybridized carbons (Fsp3) is 0.625. The van der Waals surface area contributed by atoms with Crippen molar-refractivity contribution in [1.82, 2.24) is 10.2 Å². The molecular formula is C16H22Cl2N2O. The van der Waals surface area contributed by atoms with Crippen molar-refractivity contribution < 1.29 is 4.74 Å². The predicted octanol–water partition coefficient (Wildman–Crippen LogP) is 3.59. The summed E-state index contributed by atoms with van der Waals surface area (Å²) in [6.07, 6.45) is 4.95. The van der Waals surface area contributed by atoms with Crippen LogP contribution < -0.4 is 10.1 Å². The van der Waals surface area contributed by atoms with Crippen LogP contribution in [0.3, 0.4) is 0 Å². The van der Waals surface area contributed by atoms with E-state index in [4.69, 9.17) is 27.9 Å². The van der Waals surface area contributed by atoms with Gasteiger partial charge in [0.1, 0.15) is 11.9 Å². The van der Waals surface area contributed by atoms with E-state index in [-0.39, 0.29) is 6.10 Å². The van der Waals surface area contributed by atoms with Crippen molar-refractivity contribution in [2.75, 3.05) is 26.2 Å². The van der Waals surface area contributed by atoms with Gasteiger partial charge in [0.05, 0.1) is 5.02 Å². The Morgan fingerprint density at radius 2 is 1.76 bits per heavy atom. The molecule has 3 nitrogen and oxygen atoms in total. The highest BCUT2D eigenvalue weighted by atomic mass is 35.5. The topological polar surface area (TPSA) is 24.5 Å². The Labute approximate surface area is 136 Å². The van der Waals surface area contributed by atoms with E-state index in [9.17, 15) is 0 Å². The molecule has 0 atom stereocenters. The van der Waals surface area contributed by atoms with E-state index in [1.807, 2.05) is 12.1 Å². The minimum atomic E-state index is 0.265. The van der Waals surface area contributed by atoms with Crippen LogP contribution in [-0.4, -0.2) is 43.2 Å². The largest absolute Gasteiger partial charge is 0.489 e. The number of ether oxygens (including phenoxy) is 1. The molecule has 21 heavy (non-hydrogen) atoms. The second kappa shape index (κ2) is 7.19. The Morgan fingerprint density at radius 1 is 1.05 bits per heavy atom. The van der Waals surface area contributed by atoms with Crippen molar-refractivity contribution in [3.8, 4) is 5.75 Å². The fourth-order valence-corrected chi connectivity index (χ4v) is 3.73. The molecule has 0 unspecified atom stereocenters. The zero-order valence-electron chi connectivity index (χ0n) is 12.2. The van der Waals surface area contributed by atoms with Gasteiger partial charge in [0.2, 0.25) is 0 Å². The molecule has 0 aliphatic carbocycles. The van der Waals surface area contributed by atoms with Gasteiger partial charge in [-0.3, -0.25) is 0 Å². The molecule has 1 aromatic rings. The molecule has 5 heteroatoms. The third-order valence-electron chi connectivity index (χ3n) is 4.49. The first-order chi connectivity index (χ1) is 10.2. The fourth-order valence-electron chi connectivity index (χ4n) is 3.28. The van der Waals surface area contributed by atoms with Crippen molar-refractivity contribution >= 4 is 23.2 Å². The van der Waals surface area contributed by atoms with Crippen LogP contribution >= 0.6 is 23.2 Å². The Bertz CT molecular complexity index is 469. The molecule has 116 valence electrons. The first-order valence-electron chi connectivity index (χ1n) is 7.79. The van der Waals surface area contributed by atoms with Crippen molar-refractivity contribution in [3.05, 3.63) is 28.2 Å².